The van der Waals surface area contributed by atoms with E-state index in [0.717, 1.165) is 22.8 Å². The molecule has 0 saturated heterocycles. The van der Waals surface area contributed by atoms with Crippen LogP contribution < -0.4 is 5.32 Å². The second-order valence-corrected chi connectivity index (χ2v) is 4.35. The molecule has 0 fully saturated rings. The molecule has 0 atom stereocenters. The van der Waals surface area contributed by atoms with Crippen LogP contribution >= 0.6 is 0 Å². The zero-order chi connectivity index (χ0) is 13.8. The highest BCUT2D eigenvalue weighted by Crippen LogP contribution is 2.07. The molecule has 0 aliphatic rings. The van der Waals surface area contributed by atoms with Crippen molar-refractivity contribution in [2.75, 3.05) is 0 Å². The van der Waals surface area contributed by atoms with Crippen molar-refractivity contribution in [1.29, 1.82) is 0 Å². The van der Waals surface area contributed by atoms with Crippen molar-refractivity contribution >= 4 is 5.91 Å². The Morgan fingerprint density at radius 1 is 1.05 bits per heavy atom. The van der Waals surface area contributed by atoms with Gasteiger partial charge in [-0.2, -0.15) is 0 Å². The maximum atomic E-state index is 11.9. The van der Waals surface area contributed by atoms with Crippen LogP contribution in [0.5, 0.6) is 0 Å². The molecule has 0 bridgehead atoms. The monoisotopic (exact) mass is 256 g/mol. The third kappa shape index (κ3) is 3.13. The molecule has 2 rings (SSSR count). The van der Waals surface area contributed by atoms with Crippen LogP contribution in [0.25, 0.3) is 0 Å². The Morgan fingerprint density at radius 2 is 1.68 bits per heavy atom. The number of carbonyl (C=O) groups excluding carboxylic acids is 1. The zero-order valence-corrected chi connectivity index (χ0v) is 11.3. The summed E-state index contributed by atoms with van der Waals surface area (Å²) < 4.78 is 0. The lowest BCUT2D eigenvalue weighted by atomic mass is 10.2. The Balaban J connectivity index is 2.07. The van der Waals surface area contributed by atoms with Crippen molar-refractivity contribution in [2.24, 2.45) is 0 Å². The van der Waals surface area contributed by atoms with E-state index in [2.05, 4.69) is 20.3 Å². The number of nitrogens with zero attached hydrogens (tertiary/aromatic N) is 3. The molecule has 0 radical (unpaired) electrons. The third-order valence-electron chi connectivity index (χ3n) is 2.94. The Labute approximate surface area is 112 Å². The zero-order valence-electron chi connectivity index (χ0n) is 11.3. The first-order chi connectivity index (χ1) is 9.08. The van der Waals surface area contributed by atoms with Gasteiger partial charge in [0.1, 0.15) is 0 Å². The lowest BCUT2D eigenvalue weighted by Gasteiger charge is -2.09. The van der Waals surface area contributed by atoms with Crippen LogP contribution in [-0.2, 0) is 6.54 Å². The Morgan fingerprint density at radius 3 is 2.37 bits per heavy atom. The SMILES string of the molecule is Cc1nc(C)c(CNC(=O)c2ccncc2)nc1C. The highest BCUT2D eigenvalue weighted by molar-refractivity contribution is 5.93. The largest absolute Gasteiger partial charge is 0.346 e. The molecule has 2 aromatic heterocycles. The average Bonchev–Trinajstić information content (AvgIpc) is 2.42. The molecule has 0 saturated carbocycles. The standard InChI is InChI=1S/C14H16N4O/c1-9-10(2)18-13(11(3)17-9)8-16-14(19)12-4-6-15-7-5-12/h4-7H,8H2,1-3H3,(H,16,19). The number of carbonyl (C=O) groups is 1. The first-order valence-corrected chi connectivity index (χ1v) is 6.07. The van der Waals surface area contributed by atoms with Crippen LogP contribution in [0.1, 0.15) is 33.1 Å². The summed E-state index contributed by atoms with van der Waals surface area (Å²) in [5, 5.41) is 2.83. The van der Waals surface area contributed by atoms with Gasteiger partial charge in [-0.3, -0.25) is 19.7 Å². The molecule has 5 heteroatoms. The smallest absolute Gasteiger partial charge is 0.251 e. The van der Waals surface area contributed by atoms with Crippen LogP contribution in [0, 0.1) is 20.8 Å². The predicted molar refractivity (Wildman–Crippen MR) is 71.7 cm³/mol. The molecule has 1 N–H and O–H groups in total. The molecule has 0 aliphatic heterocycles. The van der Waals surface area contributed by atoms with Gasteiger partial charge < -0.3 is 5.32 Å². The van der Waals surface area contributed by atoms with Gasteiger partial charge in [-0.05, 0) is 32.9 Å². The van der Waals surface area contributed by atoms with Gasteiger partial charge in [0, 0.05) is 18.0 Å². The summed E-state index contributed by atoms with van der Waals surface area (Å²) in [6.45, 7) is 6.11. The van der Waals surface area contributed by atoms with Crippen molar-refractivity contribution in [3.63, 3.8) is 0 Å². The topological polar surface area (TPSA) is 67.8 Å². The number of pyridine rings is 1. The highest BCUT2D eigenvalue weighted by Gasteiger charge is 2.08. The van der Waals surface area contributed by atoms with Gasteiger partial charge in [0.2, 0.25) is 0 Å². The Kier molecular flexibility index (Phi) is 3.85. The van der Waals surface area contributed by atoms with Crippen molar-refractivity contribution < 1.29 is 4.79 Å². The second kappa shape index (κ2) is 5.56. The number of aromatic nitrogens is 3. The van der Waals surface area contributed by atoms with Crippen molar-refractivity contribution in [2.45, 2.75) is 27.3 Å². The minimum absolute atomic E-state index is 0.137. The van der Waals surface area contributed by atoms with Gasteiger partial charge in [-0.15, -0.1) is 0 Å². The van der Waals surface area contributed by atoms with E-state index in [1.54, 1.807) is 24.5 Å². The van der Waals surface area contributed by atoms with Gasteiger partial charge in [-0.1, -0.05) is 0 Å². The molecule has 0 aromatic carbocycles. The van der Waals surface area contributed by atoms with E-state index in [4.69, 9.17) is 0 Å². The van der Waals surface area contributed by atoms with Crippen molar-refractivity contribution in [3.8, 4) is 0 Å². The first kappa shape index (κ1) is 13.1. The van der Waals surface area contributed by atoms with Crippen LogP contribution in [0.2, 0.25) is 0 Å². The number of aryl methyl sites for hydroxylation is 3. The second-order valence-electron chi connectivity index (χ2n) is 4.35. The maximum Gasteiger partial charge on any atom is 0.251 e. The molecular weight excluding hydrogens is 240 g/mol. The van der Waals surface area contributed by atoms with Gasteiger partial charge in [0.15, 0.2) is 0 Å². The molecule has 2 aromatic rings. The molecule has 5 nitrogen and oxygen atoms in total. The maximum absolute atomic E-state index is 11.9. The van der Waals surface area contributed by atoms with E-state index in [0.29, 0.717) is 12.1 Å². The number of hydrogen-bond acceptors (Lipinski definition) is 4. The fourth-order valence-electron chi connectivity index (χ4n) is 1.70. The summed E-state index contributed by atoms with van der Waals surface area (Å²) in [4.78, 5) is 24.6. The molecule has 0 unspecified atom stereocenters. The minimum Gasteiger partial charge on any atom is -0.346 e. The van der Waals surface area contributed by atoms with Crippen molar-refractivity contribution in [1.82, 2.24) is 20.3 Å². The first-order valence-electron chi connectivity index (χ1n) is 6.07. The van der Waals surface area contributed by atoms with E-state index in [1.165, 1.54) is 0 Å². The van der Waals surface area contributed by atoms with E-state index < -0.39 is 0 Å². The summed E-state index contributed by atoms with van der Waals surface area (Å²) in [5.74, 6) is -0.137. The molecule has 1 amide bonds. The summed E-state index contributed by atoms with van der Waals surface area (Å²) in [6.07, 6.45) is 3.19. The minimum atomic E-state index is -0.137. The van der Waals surface area contributed by atoms with Gasteiger partial charge >= 0.3 is 0 Å². The lowest BCUT2D eigenvalue weighted by molar-refractivity contribution is 0.0950. The van der Waals surface area contributed by atoms with Crippen LogP contribution in [0.4, 0.5) is 0 Å². The number of nitrogens with one attached hydrogen (secondary N) is 1. The molecule has 98 valence electrons. The molecule has 0 spiro atoms. The lowest BCUT2D eigenvalue weighted by Crippen LogP contribution is -2.24. The summed E-state index contributed by atoms with van der Waals surface area (Å²) in [7, 11) is 0. The predicted octanol–water partition coefficient (Wildman–Crippen LogP) is 1.73. The fraction of sp³-hybridized carbons (Fsp3) is 0.286. The highest BCUT2D eigenvalue weighted by atomic mass is 16.1. The van der Waals surface area contributed by atoms with Gasteiger partial charge in [-0.25, -0.2) is 0 Å². The number of hydrogen-bond donors (Lipinski definition) is 1. The summed E-state index contributed by atoms with van der Waals surface area (Å²) in [6, 6.07) is 3.35. The molecule has 0 aliphatic carbocycles. The van der Waals surface area contributed by atoms with Crippen LogP contribution in [0.15, 0.2) is 24.5 Å². The summed E-state index contributed by atoms with van der Waals surface area (Å²) >= 11 is 0. The van der Waals surface area contributed by atoms with Gasteiger partial charge in [0.05, 0.1) is 29.3 Å². The Hall–Kier alpha value is -2.30. The van der Waals surface area contributed by atoms with E-state index in [1.807, 2.05) is 20.8 Å². The van der Waals surface area contributed by atoms with E-state index >= 15 is 0 Å². The average molecular weight is 256 g/mol. The van der Waals surface area contributed by atoms with E-state index in [-0.39, 0.29) is 5.91 Å². The van der Waals surface area contributed by atoms with Crippen LogP contribution in [-0.4, -0.2) is 20.9 Å². The normalized spacial score (nSPS) is 10.3. The molecular formula is C14H16N4O. The van der Waals surface area contributed by atoms with Crippen LogP contribution in [0.3, 0.4) is 0 Å². The summed E-state index contributed by atoms with van der Waals surface area (Å²) in [5.41, 5.74) is 4.04. The number of rotatable bonds is 3. The fourth-order valence-corrected chi connectivity index (χ4v) is 1.70. The molecule has 2 heterocycles. The van der Waals surface area contributed by atoms with E-state index in [9.17, 15) is 4.79 Å². The molecule has 19 heavy (non-hydrogen) atoms. The Bertz CT molecular complexity index is 596. The quantitative estimate of drug-likeness (QED) is 0.908. The number of amides is 1. The van der Waals surface area contributed by atoms with Gasteiger partial charge in [0.25, 0.3) is 5.91 Å². The third-order valence-corrected chi connectivity index (χ3v) is 2.94. The van der Waals surface area contributed by atoms with Crippen molar-refractivity contribution in [3.05, 3.63) is 52.9 Å².